The lowest BCUT2D eigenvalue weighted by Crippen LogP contribution is -2.49. The maximum atomic E-state index is 13.6. The summed E-state index contributed by atoms with van der Waals surface area (Å²) in [7, 11) is 0. The molecule has 8 heteroatoms. The Morgan fingerprint density at radius 3 is 2.39 bits per heavy atom. The van der Waals surface area contributed by atoms with Gasteiger partial charge in [-0.05, 0) is 67.9 Å². The number of nitrogens with one attached hydrogen (secondary N) is 2. The highest BCUT2D eigenvalue weighted by Crippen LogP contribution is 2.25. The van der Waals surface area contributed by atoms with Crippen LogP contribution in [0, 0.1) is 5.92 Å². The average molecular weight is 568 g/mol. The number of aliphatic hydroxyl groups excluding tert-OH is 1. The molecule has 8 nitrogen and oxygen atoms in total. The number of amides is 2. The van der Waals surface area contributed by atoms with Gasteiger partial charge in [0.25, 0.3) is 12.4 Å². The van der Waals surface area contributed by atoms with Gasteiger partial charge in [0.2, 0.25) is 5.91 Å². The number of nitrogens with zero attached hydrogens (tertiary/aromatic N) is 1. The zero-order chi connectivity index (χ0) is 30.2. The van der Waals surface area contributed by atoms with E-state index in [9.17, 15) is 14.7 Å². The molecule has 1 saturated heterocycles. The molecule has 3 unspecified atom stereocenters. The SMILES string of the molecule is CCCc1cc(C(=O)NC(Cc2ccccc2)C(O)CNC(C)CCCC(C)C)cc(N2CCCC2=O)c1.O=CO. The third-order valence-corrected chi connectivity index (χ3v) is 7.34. The molecule has 2 amide bonds. The molecule has 3 rings (SSSR count). The highest BCUT2D eigenvalue weighted by atomic mass is 16.3. The van der Waals surface area contributed by atoms with E-state index in [-0.39, 0.29) is 18.3 Å². The van der Waals surface area contributed by atoms with Gasteiger partial charge in [0, 0.05) is 36.8 Å². The first-order valence-electron chi connectivity index (χ1n) is 15.0. The molecular weight excluding hydrogens is 518 g/mol. The Labute approximate surface area is 245 Å². The first-order valence-corrected chi connectivity index (χ1v) is 15.0. The summed E-state index contributed by atoms with van der Waals surface area (Å²) in [5, 5.41) is 24.7. The number of aryl methyl sites for hydroxylation is 1. The van der Waals surface area contributed by atoms with E-state index in [4.69, 9.17) is 9.90 Å². The summed E-state index contributed by atoms with van der Waals surface area (Å²) >= 11 is 0. The van der Waals surface area contributed by atoms with Crippen LogP contribution >= 0.6 is 0 Å². The van der Waals surface area contributed by atoms with Crippen molar-refractivity contribution in [2.24, 2.45) is 5.92 Å². The van der Waals surface area contributed by atoms with E-state index in [0.29, 0.717) is 43.5 Å². The Bertz CT molecular complexity index is 1080. The van der Waals surface area contributed by atoms with Gasteiger partial charge < -0.3 is 25.7 Å². The number of anilines is 1. The summed E-state index contributed by atoms with van der Waals surface area (Å²) in [6.45, 7) is 9.58. The number of carbonyl (C=O) groups excluding carboxylic acids is 2. The largest absolute Gasteiger partial charge is 0.483 e. The Hall–Kier alpha value is -3.23. The van der Waals surface area contributed by atoms with E-state index in [0.717, 1.165) is 48.9 Å². The van der Waals surface area contributed by atoms with Crippen molar-refractivity contribution in [3.63, 3.8) is 0 Å². The van der Waals surface area contributed by atoms with E-state index in [2.05, 4.69) is 38.3 Å². The van der Waals surface area contributed by atoms with Crippen molar-refractivity contribution in [3.05, 3.63) is 65.2 Å². The maximum absolute atomic E-state index is 13.6. The van der Waals surface area contributed by atoms with Crippen LogP contribution in [0.2, 0.25) is 0 Å². The molecule has 41 heavy (non-hydrogen) atoms. The second-order valence-electron chi connectivity index (χ2n) is 11.4. The molecule has 3 atom stereocenters. The molecule has 0 radical (unpaired) electrons. The number of hydrogen-bond donors (Lipinski definition) is 4. The summed E-state index contributed by atoms with van der Waals surface area (Å²) in [6.07, 6.45) is 6.38. The minimum absolute atomic E-state index is 0.107. The lowest BCUT2D eigenvalue weighted by atomic mass is 9.99. The Balaban J connectivity index is 0.00000187. The Morgan fingerprint density at radius 2 is 1.78 bits per heavy atom. The summed E-state index contributed by atoms with van der Waals surface area (Å²) in [6, 6.07) is 15.6. The fourth-order valence-corrected chi connectivity index (χ4v) is 5.12. The van der Waals surface area contributed by atoms with Crippen LogP contribution in [-0.2, 0) is 22.4 Å². The first-order chi connectivity index (χ1) is 19.7. The third kappa shape index (κ3) is 12.0. The number of carboxylic acid groups (broad SMARTS) is 1. The quantitative estimate of drug-likeness (QED) is 0.226. The smallest absolute Gasteiger partial charge is 0.290 e. The van der Waals surface area contributed by atoms with Crippen molar-refractivity contribution in [1.29, 1.82) is 0 Å². The molecule has 2 aromatic carbocycles. The third-order valence-electron chi connectivity index (χ3n) is 7.34. The highest BCUT2D eigenvalue weighted by molar-refractivity contribution is 5.99. The van der Waals surface area contributed by atoms with Gasteiger partial charge in [0.1, 0.15) is 0 Å². The molecule has 0 saturated carbocycles. The van der Waals surface area contributed by atoms with Gasteiger partial charge in [0.05, 0.1) is 12.1 Å². The molecule has 1 aliphatic rings. The second kappa shape index (κ2) is 18.3. The highest BCUT2D eigenvalue weighted by Gasteiger charge is 2.26. The minimum atomic E-state index is -0.745. The van der Waals surface area contributed by atoms with Gasteiger partial charge in [0.15, 0.2) is 0 Å². The summed E-state index contributed by atoms with van der Waals surface area (Å²) in [4.78, 5) is 36.1. The molecular formula is C33H49N3O5. The van der Waals surface area contributed by atoms with Gasteiger partial charge in [-0.1, -0.05) is 70.4 Å². The van der Waals surface area contributed by atoms with Crippen molar-refractivity contribution >= 4 is 24.0 Å². The number of aliphatic hydroxyl groups is 1. The second-order valence-corrected chi connectivity index (χ2v) is 11.4. The summed E-state index contributed by atoms with van der Waals surface area (Å²) in [5.41, 5.74) is 3.43. The van der Waals surface area contributed by atoms with Crippen LogP contribution in [0.3, 0.4) is 0 Å². The van der Waals surface area contributed by atoms with Crippen LogP contribution < -0.4 is 15.5 Å². The van der Waals surface area contributed by atoms with E-state index < -0.39 is 12.1 Å². The predicted molar refractivity (Wildman–Crippen MR) is 164 cm³/mol. The van der Waals surface area contributed by atoms with Gasteiger partial charge >= 0.3 is 0 Å². The standard InChI is InChI=1S/C32H47N3O3.CH2O2/c1-5-11-26-18-27(21-28(19-26)35-17-10-16-31(35)37)32(38)34-29(20-25-14-7-6-8-15-25)30(36)22-33-24(4)13-9-12-23(2)3;2-1-3/h6-8,14-15,18-19,21,23-24,29-30,33,36H,5,9-13,16-17,20,22H2,1-4H3,(H,34,38);1H,(H,2,3). The number of rotatable bonds is 15. The van der Waals surface area contributed by atoms with Crippen molar-refractivity contribution < 1.29 is 24.6 Å². The van der Waals surface area contributed by atoms with Crippen LogP contribution in [0.4, 0.5) is 5.69 Å². The minimum Gasteiger partial charge on any atom is -0.483 e. The van der Waals surface area contributed by atoms with E-state index in [1.807, 2.05) is 48.5 Å². The number of benzene rings is 2. The van der Waals surface area contributed by atoms with E-state index >= 15 is 0 Å². The van der Waals surface area contributed by atoms with Crippen LogP contribution in [-0.4, -0.2) is 59.8 Å². The fraction of sp³-hybridized carbons (Fsp3) is 0.545. The van der Waals surface area contributed by atoms with Crippen molar-refractivity contribution in [2.75, 3.05) is 18.0 Å². The number of carbonyl (C=O) groups is 3. The lowest BCUT2D eigenvalue weighted by Gasteiger charge is -2.27. The molecule has 2 aromatic rings. The first kappa shape index (κ1) is 34.0. The Morgan fingerprint density at radius 1 is 1.07 bits per heavy atom. The Kier molecular flexibility index (Phi) is 15.1. The van der Waals surface area contributed by atoms with Crippen LogP contribution in [0.5, 0.6) is 0 Å². The maximum Gasteiger partial charge on any atom is 0.290 e. The van der Waals surface area contributed by atoms with Crippen molar-refractivity contribution in [1.82, 2.24) is 10.6 Å². The van der Waals surface area contributed by atoms with E-state index in [1.165, 1.54) is 6.42 Å². The summed E-state index contributed by atoms with van der Waals surface area (Å²) < 4.78 is 0. The van der Waals surface area contributed by atoms with Gasteiger partial charge in [-0.15, -0.1) is 0 Å². The summed E-state index contributed by atoms with van der Waals surface area (Å²) in [5.74, 6) is 0.579. The molecule has 1 fully saturated rings. The normalized spacial score (nSPS) is 15.2. The van der Waals surface area contributed by atoms with Gasteiger partial charge in [-0.3, -0.25) is 14.4 Å². The molecule has 0 aromatic heterocycles. The van der Waals surface area contributed by atoms with Gasteiger partial charge in [-0.2, -0.15) is 0 Å². The van der Waals surface area contributed by atoms with Crippen molar-refractivity contribution in [2.45, 2.75) is 97.2 Å². The zero-order valence-corrected chi connectivity index (χ0v) is 25.1. The molecule has 226 valence electrons. The lowest BCUT2D eigenvalue weighted by molar-refractivity contribution is -0.123. The van der Waals surface area contributed by atoms with E-state index in [1.54, 1.807) is 4.90 Å². The topological polar surface area (TPSA) is 119 Å². The predicted octanol–water partition coefficient (Wildman–Crippen LogP) is 4.97. The van der Waals surface area contributed by atoms with Crippen LogP contribution in [0.15, 0.2) is 48.5 Å². The monoisotopic (exact) mass is 567 g/mol. The van der Waals surface area contributed by atoms with Crippen LogP contribution in [0.25, 0.3) is 0 Å². The molecule has 1 heterocycles. The molecule has 0 aliphatic carbocycles. The molecule has 4 N–H and O–H groups in total. The van der Waals surface area contributed by atoms with Crippen molar-refractivity contribution in [3.8, 4) is 0 Å². The van der Waals surface area contributed by atoms with Gasteiger partial charge in [-0.25, -0.2) is 0 Å². The fourth-order valence-electron chi connectivity index (χ4n) is 5.12. The number of hydrogen-bond acceptors (Lipinski definition) is 5. The average Bonchev–Trinajstić information content (AvgIpc) is 3.38. The molecule has 0 spiro atoms. The zero-order valence-electron chi connectivity index (χ0n) is 25.1. The molecule has 0 bridgehead atoms. The molecule has 1 aliphatic heterocycles. The van der Waals surface area contributed by atoms with Crippen LogP contribution in [0.1, 0.15) is 87.7 Å².